The van der Waals surface area contributed by atoms with Gasteiger partial charge in [0.2, 0.25) is 0 Å². The molecule has 1 aromatic rings. The van der Waals surface area contributed by atoms with Crippen LogP contribution in [0.4, 0.5) is 0 Å². The molecular formula is C13H21O4P. The van der Waals surface area contributed by atoms with E-state index in [1.165, 1.54) is 12.8 Å². The van der Waals surface area contributed by atoms with E-state index in [9.17, 15) is 9.36 Å². The Labute approximate surface area is 109 Å². The lowest BCUT2D eigenvalue weighted by molar-refractivity contribution is -0.138. The molecule has 0 bridgehead atoms. The van der Waals surface area contributed by atoms with Crippen LogP contribution in [0.3, 0.4) is 0 Å². The molecule has 0 aliphatic rings. The first-order valence-electron chi connectivity index (χ1n) is 6.02. The van der Waals surface area contributed by atoms with E-state index in [1.807, 2.05) is 0 Å². The van der Waals surface area contributed by atoms with Crippen molar-refractivity contribution in [2.75, 3.05) is 6.16 Å². The Bertz CT molecular complexity index is 363. The van der Waals surface area contributed by atoms with Crippen molar-refractivity contribution in [2.45, 2.75) is 32.6 Å². The molecule has 0 saturated heterocycles. The molecule has 0 aromatic heterocycles. The molecule has 1 rings (SSSR count). The van der Waals surface area contributed by atoms with Gasteiger partial charge in [0.1, 0.15) is 0 Å². The molecule has 0 saturated carbocycles. The quantitative estimate of drug-likeness (QED) is 0.807. The first-order chi connectivity index (χ1) is 8.52. The fourth-order valence-electron chi connectivity index (χ4n) is 1.21. The van der Waals surface area contributed by atoms with Crippen LogP contribution < -0.4 is 0 Å². The molecule has 0 radical (unpaired) electrons. The maximum atomic E-state index is 10.8. The highest BCUT2D eigenvalue weighted by molar-refractivity contribution is 7.38. The normalized spacial score (nSPS) is 13.1. The number of hydrogen-bond acceptors (Lipinski definition) is 2. The van der Waals surface area contributed by atoms with Gasteiger partial charge in [0.05, 0.1) is 5.92 Å². The van der Waals surface area contributed by atoms with Gasteiger partial charge in [0.15, 0.2) is 8.03 Å². The average molecular weight is 272 g/mol. The lowest BCUT2D eigenvalue weighted by atomic mass is 10.0. The Morgan fingerprint density at radius 2 is 1.72 bits per heavy atom. The van der Waals surface area contributed by atoms with Gasteiger partial charge < -0.3 is 10.00 Å². The molecule has 0 fully saturated rings. The molecule has 0 aliphatic carbocycles. The van der Waals surface area contributed by atoms with Crippen LogP contribution in [0.2, 0.25) is 0 Å². The number of rotatable bonds is 5. The minimum Gasteiger partial charge on any atom is -0.481 e. The van der Waals surface area contributed by atoms with Crippen LogP contribution in [0.1, 0.15) is 38.2 Å². The molecule has 0 spiro atoms. The summed E-state index contributed by atoms with van der Waals surface area (Å²) in [6.07, 6.45) is 2.43. The third kappa shape index (κ3) is 7.25. The number of unbranched alkanes of at least 4 members (excludes halogenated alkanes) is 1. The van der Waals surface area contributed by atoms with Gasteiger partial charge in [-0.25, -0.2) is 0 Å². The maximum absolute atomic E-state index is 10.8. The Balaban J connectivity index is 0.000000631. The SMILES string of the molecule is CCCC.O=C(O)C(C[PH](=O)O)c1ccccc1. The second-order valence-electron chi connectivity index (χ2n) is 3.90. The zero-order valence-electron chi connectivity index (χ0n) is 10.8. The fraction of sp³-hybridized carbons (Fsp3) is 0.462. The van der Waals surface area contributed by atoms with Gasteiger partial charge in [0.25, 0.3) is 0 Å². The number of aliphatic carboxylic acids is 1. The summed E-state index contributed by atoms with van der Waals surface area (Å²) in [5.74, 6) is -1.95. The monoisotopic (exact) mass is 272 g/mol. The first kappa shape index (κ1) is 16.9. The number of hydrogen-bond donors (Lipinski definition) is 2. The van der Waals surface area contributed by atoms with Crippen LogP contribution in [0, 0.1) is 0 Å². The summed E-state index contributed by atoms with van der Waals surface area (Å²) in [6, 6.07) is 8.47. The van der Waals surface area contributed by atoms with Crippen molar-refractivity contribution in [3.63, 3.8) is 0 Å². The first-order valence-corrected chi connectivity index (χ1v) is 7.58. The van der Waals surface area contributed by atoms with Crippen molar-refractivity contribution in [1.82, 2.24) is 0 Å². The Kier molecular flexibility index (Phi) is 9.25. The largest absolute Gasteiger partial charge is 0.481 e. The van der Waals surface area contributed by atoms with E-state index in [0.717, 1.165) is 0 Å². The van der Waals surface area contributed by atoms with E-state index in [0.29, 0.717) is 5.56 Å². The lowest BCUT2D eigenvalue weighted by Gasteiger charge is -2.09. The minimum atomic E-state index is -2.76. The zero-order valence-corrected chi connectivity index (χ0v) is 11.8. The van der Waals surface area contributed by atoms with E-state index in [4.69, 9.17) is 10.00 Å². The summed E-state index contributed by atoms with van der Waals surface area (Å²) in [6.45, 7) is 4.36. The third-order valence-corrected chi connectivity index (χ3v) is 3.14. The minimum absolute atomic E-state index is 0.204. The summed E-state index contributed by atoms with van der Waals surface area (Å²) in [4.78, 5) is 19.5. The van der Waals surface area contributed by atoms with E-state index < -0.39 is 19.9 Å². The average Bonchev–Trinajstić information content (AvgIpc) is 2.37. The standard InChI is InChI=1S/C9H11O4P.C4H10/c10-9(11)8(6-14(12)13)7-4-2-1-3-5-7;1-3-4-2/h1-5,8,14H,6H2,(H,10,11)(H,12,13);3-4H2,1-2H3. The molecule has 5 heteroatoms. The predicted molar refractivity (Wildman–Crippen MR) is 73.5 cm³/mol. The highest BCUT2D eigenvalue weighted by atomic mass is 31.1. The number of carbonyl (C=O) groups is 1. The van der Waals surface area contributed by atoms with E-state index in [1.54, 1.807) is 30.3 Å². The van der Waals surface area contributed by atoms with Crippen LogP contribution >= 0.6 is 8.03 Å². The summed E-state index contributed by atoms with van der Waals surface area (Å²) in [5.41, 5.74) is 0.562. The molecule has 102 valence electrons. The van der Waals surface area contributed by atoms with Crippen molar-refractivity contribution < 1.29 is 19.4 Å². The molecule has 0 heterocycles. The zero-order chi connectivity index (χ0) is 14.0. The van der Waals surface area contributed by atoms with Gasteiger partial charge in [0, 0.05) is 6.16 Å². The Morgan fingerprint density at radius 3 is 2.06 bits per heavy atom. The van der Waals surface area contributed by atoms with Gasteiger partial charge >= 0.3 is 5.97 Å². The van der Waals surface area contributed by atoms with Crippen molar-refractivity contribution in [1.29, 1.82) is 0 Å². The molecule has 2 unspecified atom stereocenters. The second-order valence-corrected chi connectivity index (χ2v) is 5.10. The summed E-state index contributed by atoms with van der Waals surface area (Å²) < 4.78 is 10.6. The van der Waals surface area contributed by atoms with Gasteiger partial charge in [-0.3, -0.25) is 9.36 Å². The lowest BCUT2D eigenvalue weighted by Crippen LogP contribution is -2.13. The molecule has 1 aromatic carbocycles. The fourth-order valence-corrected chi connectivity index (χ4v) is 1.97. The third-order valence-electron chi connectivity index (χ3n) is 2.38. The molecule has 0 amide bonds. The van der Waals surface area contributed by atoms with Crippen LogP contribution in [0.25, 0.3) is 0 Å². The van der Waals surface area contributed by atoms with Gasteiger partial charge in [-0.2, -0.15) is 0 Å². The van der Waals surface area contributed by atoms with Crippen molar-refractivity contribution in [3.05, 3.63) is 35.9 Å². The molecule has 2 atom stereocenters. The molecule has 4 nitrogen and oxygen atoms in total. The highest BCUT2D eigenvalue weighted by Gasteiger charge is 2.21. The predicted octanol–water partition coefficient (Wildman–Crippen LogP) is 3.13. The van der Waals surface area contributed by atoms with Crippen molar-refractivity contribution in [3.8, 4) is 0 Å². The smallest absolute Gasteiger partial charge is 0.311 e. The van der Waals surface area contributed by atoms with E-state index >= 15 is 0 Å². The van der Waals surface area contributed by atoms with E-state index in [2.05, 4.69) is 13.8 Å². The number of carboxylic acid groups (broad SMARTS) is 1. The van der Waals surface area contributed by atoms with Crippen molar-refractivity contribution in [2.24, 2.45) is 0 Å². The molecular weight excluding hydrogens is 251 g/mol. The van der Waals surface area contributed by atoms with Crippen LogP contribution in [0.15, 0.2) is 30.3 Å². The number of carboxylic acids is 1. The Morgan fingerprint density at radius 1 is 1.22 bits per heavy atom. The molecule has 18 heavy (non-hydrogen) atoms. The van der Waals surface area contributed by atoms with Crippen LogP contribution in [-0.4, -0.2) is 22.1 Å². The van der Waals surface area contributed by atoms with Crippen LogP contribution in [0.5, 0.6) is 0 Å². The Hall–Kier alpha value is -1.12. The summed E-state index contributed by atoms with van der Waals surface area (Å²) in [7, 11) is -2.76. The van der Waals surface area contributed by atoms with Crippen LogP contribution in [-0.2, 0) is 9.36 Å². The number of benzene rings is 1. The summed E-state index contributed by atoms with van der Waals surface area (Å²) in [5, 5.41) is 8.84. The molecule has 0 aliphatic heterocycles. The molecule has 2 N–H and O–H groups in total. The van der Waals surface area contributed by atoms with Gasteiger partial charge in [-0.1, -0.05) is 57.0 Å². The van der Waals surface area contributed by atoms with Gasteiger partial charge in [-0.05, 0) is 5.56 Å². The second kappa shape index (κ2) is 9.86. The summed E-state index contributed by atoms with van der Waals surface area (Å²) >= 11 is 0. The van der Waals surface area contributed by atoms with Gasteiger partial charge in [-0.15, -0.1) is 0 Å². The van der Waals surface area contributed by atoms with Crippen molar-refractivity contribution >= 4 is 14.0 Å². The highest BCUT2D eigenvalue weighted by Crippen LogP contribution is 2.26. The topological polar surface area (TPSA) is 74.6 Å². The maximum Gasteiger partial charge on any atom is 0.311 e. The van der Waals surface area contributed by atoms with E-state index in [-0.39, 0.29) is 6.16 Å².